The molecule has 1 aliphatic heterocycles. The number of hydrogen-bond donors (Lipinski definition) is 1. The summed E-state index contributed by atoms with van der Waals surface area (Å²) in [7, 11) is 0. The van der Waals surface area contributed by atoms with E-state index in [0.717, 1.165) is 35.1 Å². The molecule has 5 nitrogen and oxygen atoms in total. The molecule has 108 valence electrons. The zero-order valence-corrected chi connectivity index (χ0v) is 12.4. The van der Waals surface area contributed by atoms with E-state index in [4.69, 9.17) is 10.8 Å². The van der Waals surface area contributed by atoms with Gasteiger partial charge in [0.25, 0.3) is 0 Å². The Morgan fingerprint density at radius 2 is 2.14 bits per heavy atom. The highest BCUT2D eigenvalue weighted by Crippen LogP contribution is 2.25. The molecule has 2 aromatic rings. The summed E-state index contributed by atoms with van der Waals surface area (Å²) in [5.41, 5.74) is 2.10. The number of rotatable bonds is 4. The Morgan fingerprint density at radius 1 is 1.29 bits per heavy atom. The van der Waals surface area contributed by atoms with Crippen molar-refractivity contribution in [2.24, 2.45) is 10.8 Å². The first kappa shape index (κ1) is 14.0. The van der Waals surface area contributed by atoms with Gasteiger partial charge < -0.3 is 0 Å². The lowest BCUT2D eigenvalue weighted by atomic mass is 10.0. The minimum atomic E-state index is 0.00884. The third-order valence-electron chi connectivity index (χ3n) is 3.28. The molecule has 0 aliphatic carbocycles. The first-order chi connectivity index (χ1) is 10.3. The fourth-order valence-electron chi connectivity index (χ4n) is 2.21. The molecule has 3 rings (SSSR count). The number of hydrazine groups is 1. The number of aromatic nitrogens is 2. The molecule has 1 fully saturated rings. The molecule has 1 saturated heterocycles. The summed E-state index contributed by atoms with van der Waals surface area (Å²) in [4.78, 5) is 13.3. The lowest BCUT2D eigenvalue weighted by molar-refractivity contribution is 0.483. The van der Waals surface area contributed by atoms with Crippen molar-refractivity contribution in [3.8, 4) is 0 Å². The third-order valence-corrected chi connectivity index (χ3v) is 4.26. The number of nitrogens with two attached hydrogens (primary N) is 1. The topological polar surface area (TPSA) is 67.4 Å². The van der Waals surface area contributed by atoms with Gasteiger partial charge in [-0.25, -0.2) is 5.84 Å². The number of nitrogens with zero attached hydrogens (tertiary/aromatic N) is 4. The first-order valence-corrected chi connectivity index (χ1v) is 7.84. The number of aliphatic imine (C=N–C) groups is 1. The highest BCUT2D eigenvalue weighted by molar-refractivity contribution is 8.14. The second-order valence-electron chi connectivity index (χ2n) is 4.78. The Bertz CT molecular complexity index is 602. The van der Waals surface area contributed by atoms with Crippen LogP contribution < -0.4 is 5.84 Å². The van der Waals surface area contributed by atoms with Gasteiger partial charge in [-0.05, 0) is 5.56 Å². The maximum Gasteiger partial charge on any atom is 0.174 e. The Morgan fingerprint density at radius 3 is 2.81 bits per heavy atom. The minimum Gasteiger partial charge on any atom is -0.289 e. The SMILES string of the molecule is NN1CCSC1=NC(Cc1cnccn1)c1ccccc1. The predicted octanol–water partition coefficient (Wildman–Crippen LogP) is 2.04. The Labute approximate surface area is 128 Å². The van der Waals surface area contributed by atoms with E-state index in [1.807, 2.05) is 18.2 Å². The average molecular weight is 299 g/mol. The van der Waals surface area contributed by atoms with Crippen LogP contribution in [0.3, 0.4) is 0 Å². The van der Waals surface area contributed by atoms with Crippen molar-refractivity contribution in [1.82, 2.24) is 15.0 Å². The van der Waals surface area contributed by atoms with Crippen molar-refractivity contribution < 1.29 is 0 Å². The summed E-state index contributed by atoms with van der Waals surface area (Å²) in [5.74, 6) is 6.94. The van der Waals surface area contributed by atoms with Gasteiger partial charge in [0, 0.05) is 37.3 Å². The van der Waals surface area contributed by atoms with Crippen LogP contribution in [0.4, 0.5) is 0 Å². The maximum absolute atomic E-state index is 5.95. The van der Waals surface area contributed by atoms with Gasteiger partial charge in [-0.3, -0.25) is 20.0 Å². The zero-order chi connectivity index (χ0) is 14.5. The molecule has 0 radical (unpaired) electrons. The van der Waals surface area contributed by atoms with Gasteiger partial charge in [-0.1, -0.05) is 42.1 Å². The second-order valence-corrected chi connectivity index (χ2v) is 5.84. The lowest BCUT2D eigenvalue weighted by Gasteiger charge is -2.16. The molecular weight excluding hydrogens is 282 g/mol. The van der Waals surface area contributed by atoms with Gasteiger partial charge in [0.1, 0.15) is 0 Å². The van der Waals surface area contributed by atoms with Gasteiger partial charge in [0.05, 0.1) is 11.7 Å². The zero-order valence-electron chi connectivity index (χ0n) is 11.6. The number of benzene rings is 1. The normalized spacial score (nSPS) is 18.1. The van der Waals surface area contributed by atoms with Crippen LogP contribution in [0.15, 0.2) is 53.9 Å². The van der Waals surface area contributed by atoms with E-state index in [1.165, 1.54) is 0 Å². The van der Waals surface area contributed by atoms with Crippen LogP contribution in [-0.2, 0) is 6.42 Å². The molecule has 0 amide bonds. The maximum atomic E-state index is 5.95. The van der Waals surface area contributed by atoms with E-state index in [9.17, 15) is 0 Å². The van der Waals surface area contributed by atoms with Crippen molar-refractivity contribution in [2.45, 2.75) is 12.5 Å². The Kier molecular flexibility index (Phi) is 4.47. The molecule has 6 heteroatoms. The van der Waals surface area contributed by atoms with E-state index < -0.39 is 0 Å². The summed E-state index contributed by atoms with van der Waals surface area (Å²) in [6, 6.07) is 10.3. The van der Waals surface area contributed by atoms with Gasteiger partial charge in [-0.15, -0.1) is 0 Å². The van der Waals surface area contributed by atoms with Crippen molar-refractivity contribution >= 4 is 16.9 Å². The molecule has 1 unspecified atom stereocenters. The molecule has 1 atom stereocenters. The summed E-state index contributed by atoms with van der Waals surface area (Å²) >= 11 is 1.70. The van der Waals surface area contributed by atoms with E-state index in [1.54, 1.807) is 35.4 Å². The second kappa shape index (κ2) is 6.69. The highest BCUT2D eigenvalue weighted by atomic mass is 32.2. The molecule has 2 N–H and O–H groups in total. The average Bonchev–Trinajstić information content (AvgIpc) is 2.94. The fraction of sp³-hybridized carbons (Fsp3) is 0.267. The van der Waals surface area contributed by atoms with E-state index in [0.29, 0.717) is 0 Å². The molecule has 0 bridgehead atoms. The van der Waals surface area contributed by atoms with Crippen LogP contribution in [0.5, 0.6) is 0 Å². The largest absolute Gasteiger partial charge is 0.289 e. The monoisotopic (exact) mass is 299 g/mol. The van der Waals surface area contributed by atoms with Gasteiger partial charge in [-0.2, -0.15) is 0 Å². The van der Waals surface area contributed by atoms with Crippen LogP contribution in [-0.4, -0.2) is 32.4 Å². The molecule has 0 saturated carbocycles. The molecule has 1 aromatic carbocycles. The summed E-state index contributed by atoms with van der Waals surface area (Å²) < 4.78 is 0. The van der Waals surface area contributed by atoms with E-state index >= 15 is 0 Å². The Balaban J connectivity index is 1.88. The highest BCUT2D eigenvalue weighted by Gasteiger charge is 2.20. The summed E-state index contributed by atoms with van der Waals surface area (Å²) in [6.07, 6.45) is 5.90. The number of thioether (sulfide) groups is 1. The van der Waals surface area contributed by atoms with Crippen molar-refractivity contribution in [1.29, 1.82) is 0 Å². The number of hydrogen-bond acceptors (Lipinski definition) is 5. The van der Waals surface area contributed by atoms with Crippen molar-refractivity contribution in [3.63, 3.8) is 0 Å². The van der Waals surface area contributed by atoms with E-state index in [-0.39, 0.29) is 6.04 Å². The van der Waals surface area contributed by atoms with E-state index in [2.05, 4.69) is 22.1 Å². The predicted molar refractivity (Wildman–Crippen MR) is 85.7 cm³/mol. The lowest BCUT2D eigenvalue weighted by Crippen LogP contribution is -2.32. The van der Waals surface area contributed by atoms with Crippen LogP contribution in [0.1, 0.15) is 17.3 Å². The van der Waals surface area contributed by atoms with Crippen molar-refractivity contribution in [3.05, 3.63) is 60.2 Å². The molecule has 1 aliphatic rings. The van der Waals surface area contributed by atoms with Crippen LogP contribution in [0.25, 0.3) is 0 Å². The summed E-state index contributed by atoms with van der Waals surface area (Å²) in [5, 5.41) is 2.62. The van der Waals surface area contributed by atoms with Crippen LogP contribution in [0.2, 0.25) is 0 Å². The molecule has 21 heavy (non-hydrogen) atoms. The first-order valence-electron chi connectivity index (χ1n) is 6.85. The fourth-order valence-corrected chi connectivity index (χ4v) is 3.13. The Hall–Kier alpha value is -1.92. The van der Waals surface area contributed by atoms with Crippen LogP contribution >= 0.6 is 11.8 Å². The molecule has 2 heterocycles. The standard InChI is InChI=1S/C15H17N5S/c16-20-8-9-21-15(20)19-14(12-4-2-1-3-5-12)10-13-11-17-6-7-18-13/h1-7,11,14H,8-10,16H2. The molecular formula is C15H17N5S. The third kappa shape index (κ3) is 3.59. The van der Waals surface area contributed by atoms with Crippen molar-refractivity contribution in [2.75, 3.05) is 12.3 Å². The van der Waals surface area contributed by atoms with Gasteiger partial charge in [0.15, 0.2) is 5.17 Å². The minimum absolute atomic E-state index is 0.00884. The van der Waals surface area contributed by atoms with Gasteiger partial charge >= 0.3 is 0 Å². The molecule has 0 spiro atoms. The van der Waals surface area contributed by atoms with Gasteiger partial charge in [0.2, 0.25) is 0 Å². The van der Waals surface area contributed by atoms with Crippen LogP contribution in [0, 0.1) is 0 Å². The smallest absolute Gasteiger partial charge is 0.174 e. The summed E-state index contributed by atoms with van der Waals surface area (Å²) in [6.45, 7) is 0.843. The number of amidine groups is 1. The quantitative estimate of drug-likeness (QED) is 0.875. The molecule has 1 aromatic heterocycles.